The zero-order chi connectivity index (χ0) is 21.5. The van der Waals surface area contributed by atoms with Crippen molar-refractivity contribution in [3.05, 3.63) is 65.0 Å². The maximum atomic E-state index is 13.2. The van der Waals surface area contributed by atoms with Gasteiger partial charge >= 0.3 is 184 Å². The molecule has 3 aromatic rings. The Morgan fingerprint density at radius 1 is 1.17 bits per heavy atom. The van der Waals surface area contributed by atoms with Gasteiger partial charge < -0.3 is 0 Å². The first-order valence-corrected chi connectivity index (χ1v) is 10.9. The minimum absolute atomic E-state index is 0.0461. The van der Waals surface area contributed by atoms with Crippen LogP contribution < -0.4 is 5.32 Å². The van der Waals surface area contributed by atoms with Crippen LogP contribution >= 0.6 is 11.6 Å². The molecule has 4 rings (SSSR count). The summed E-state index contributed by atoms with van der Waals surface area (Å²) in [7, 11) is 1.81. The summed E-state index contributed by atoms with van der Waals surface area (Å²) in [4.78, 5) is 17.7. The van der Waals surface area contributed by atoms with Gasteiger partial charge in [0, 0.05) is 0 Å². The Bertz CT molecular complexity index is 1070. The number of rotatable bonds is 6. The average Bonchev–Trinajstić information content (AvgIpc) is 3.45. The number of hydrogen-bond donors (Lipinski definition) is 1. The molecular formula is C24H27BClN3O. The van der Waals surface area contributed by atoms with Crippen LogP contribution in [0.15, 0.2) is 48.6 Å². The number of carbonyl (C=O) groups excluding carboxylic acids is 1. The van der Waals surface area contributed by atoms with E-state index in [0.29, 0.717) is 16.5 Å². The second-order valence-corrected chi connectivity index (χ2v) is 9.47. The molecule has 1 aromatic heterocycles. The minimum atomic E-state index is -0.203. The quantitative estimate of drug-likeness (QED) is 0.567. The van der Waals surface area contributed by atoms with Crippen molar-refractivity contribution >= 4 is 24.6 Å². The SMILES string of the molecule is CC(C)c1nbcn1-c1cc(C(=O)NC(C)(C)C2CC2)cc(-c2ccc(Cl)cc2)c1. The van der Waals surface area contributed by atoms with E-state index in [4.69, 9.17) is 11.6 Å². The van der Waals surface area contributed by atoms with Crippen molar-refractivity contribution in [3.8, 4) is 16.8 Å². The van der Waals surface area contributed by atoms with Crippen LogP contribution in [-0.4, -0.2) is 28.0 Å². The Hall–Kier alpha value is -2.40. The van der Waals surface area contributed by atoms with E-state index < -0.39 is 0 Å². The van der Waals surface area contributed by atoms with E-state index in [1.54, 1.807) is 7.05 Å². The molecule has 0 spiro atoms. The third-order valence-corrected chi connectivity index (χ3v) is 6.11. The monoisotopic (exact) mass is 419 g/mol. The molecule has 1 fully saturated rings. The van der Waals surface area contributed by atoms with Crippen molar-refractivity contribution in [1.29, 1.82) is 0 Å². The van der Waals surface area contributed by atoms with E-state index in [1.807, 2.05) is 42.5 Å². The van der Waals surface area contributed by atoms with Gasteiger partial charge in [-0.25, -0.2) is 0 Å². The Kier molecular flexibility index (Phi) is 5.58. The van der Waals surface area contributed by atoms with Gasteiger partial charge in [-0.15, -0.1) is 0 Å². The second kappa shape index (κ2) is 8.03. The molecule has 30 heavy (non-hydrogen) atoms. The van der Waals surface area contributed by atoms with Crippen LogP contribution in [0.25, 0.3) is 16.8 Å². The van der Waals surface area contributed by atoms with Gasteiger partial charge in [0.15, 0.2) is 0 Å². The predicted molar refractivity (Wildman–Crippen MR) is 124 cm³/mol. The maximum absolute atomic E-state index is 13.2. The van der Waals surface area contributed by atoms with Gasteiger partial charge in [-0.1, -0.05) is 0 Å². The second-order valence-electron chi connectivity index (χ2n) is 9.04. The summed E-state index contributed by atoms with van der Waals surface area (Å²) in [5.41, 5.74) is 3.36. The van der Waals surface area contributed by atoms with Crippen LogP contribution in [0.4, 0.5) is 0 Å². The first-order valence-electron chi connectivity index (χ1n) is 10.5. The van der Waals surface area contributed by atoms with Gasteiger partial charge in [-0.2, -0.15) is 0 Å². The topological polar surface area (TPSA) is 46.9 Å². The average molecular weight is 420 g/mol. The third-order valence-electron chi connectivity index (χ3n) is 5.86. The summed E-state index contributed by atoms with van der Waals surface area (Å²) in [5.74, 6) is 1.75. The van der Waals surface area contributed by atoms with Crippen molar-refractivity contribution < 1.29 is 4.79 Å². The van der Waals surface area contributed by atoms with Crippen molar-refractivity contribution in [2.24, 2.45) is 5.92 Å². The van der Waals surface area contributed by atoms with Crippen molar-refractivity contribution in [2.75, 3.05) is 0 Å². The van der Waals surface area contributed by atoms with E-state index in [-0.39, 0.29) is 17.4 Å². The summed E-state index contributed by atoms with van der Waals surface area (Å²) in [6.45, 7) is 8.46. The molecule has 0 unspecified atom stereocenters. The summed E-state index contributed by atoms with van der Waals surface area (Å²) in [6.07, 6.45) is 4.30. The van der Waals surface area contributed by atoms with Gasteiger partial charge in [-0.05, 0) is 0 Å². The number of benzene rings is 2. The molecule has 1 aliphatic rings. The van der Waals surface area contributed by atoms with Crippen molar-refractivity contribution in [3.63, 3.8) is 0 Å². The van der Waals surface area contributed by atoms with Crippen LogP contribution in [0.5, 0.6) is 0 Å². The number of carbonyl (C=O) groups is 1. The molecule has 1 amide bonds. The molecule has 1 N–H and O–H groups in total. The molecule has 0 saturated heterocycles. The molecule has 154 valence electrons. The molecule has 0 aliphatic heterocycles. The molecule has 1 aliphatic carbocycles. The van der Waals surface area contributed by atoms with Crippen LogP contribution in [0.3, 0.4) is 0 Å². The fourth-order valence-corrected chi connectivity index (χ4v) is 4.05. The summed E-state index contributed by atoms with van der Waals surface area (Å²) < 4.78 is 2.06. The third kappa shape index (κ3) is 4.36. The first kappa shape index (κ1) is 20.9. The number of nitrogens with zero attached hydrogens (tertiary/aromatic N) is 2. The Morgan fingerprint density at radius 3 is 2.50 bits per heavy atom. The number of amides is 1. The predicted octanol–water partition coefficient (Wildman–Crippen LogP) is 5.57. The molecule has 6 heteroatoms. The van der Waals surface area contributed by atoms with Crippen molar-refractivity contribution in [2.45, 2.75) is 52.0 Å². The Balaban J connectivity index is 1.78. The molecule has 4 nitrogen and oxygen atoms in total. The zero-order valence-electron chi connectivity index (χ0n) is 17.9. The van der Waals surface area contributed by atoms with E-state index in [9.17, 15) is 4.79 Å². The first-order chi connectivity index (χ1) is 14.2. The van der Waals surface area contributed by atoms with Crippen LogP contribution in [0.2, 0.25) is 5.02 Å². The van der Waals surface area contributed by atoms with Crippen LogP contribution in [0.1, 0.15) is 62.6 Å². The fourth-order valence-electron chi connectivity index (χ4n) is 3.92. The molecule has 0 radical (unpaired) electrons. The number of nitrogens with one attached hydrogen (secondary N) is 1. The van der Waals surface area contributed by atoms with Gasteiger partial charge in [-0.3, -0.25) is 0 Å². The summed E-state index contributed by atoms with van der Waals surface area (Å²) in [5, 5.41) is 3.94. The normalized spacial score (nSPS) is 14.1. The van der Waals surface area contributed by atoms with Crippen LogP contribution in [-0.2, 0) is 0 Å². The van der Waals surface area contributed by atoms with E-state index in [2.05, 4.69) is 48.5 Å². The molecule has 0 atom stereocenters. The van der Waals surface area contributed by atoms with Gasteiger partial charge in [0.25, 0.3) is 0 Å². The van der Waals surface area contributed by atoms with Crippen LogP contribution in [0, 0.1) is 5.92 Å². The van der Waals surface area contributed by atoms with Gasteiger partial charge in [0.05, 0.1) is 0 Å². The molecule has 2 aromatic carbocycles. The number of halogens is 1. The zero-order valence-corrected chi connectivity index (χ0v) is 18.7. The van der Waals surface area contributed by atoms with E-state index >= 15 is 0 Å². The van der Waals surface area contributed by atoms with Crippen molar-refractivity contribution in [1.82, 2.24) is 14.8 Å². The number of aromatic nitrogens is 2. The Labute approximate surface area is 183 Å². The Morgan fingerprint density at radius 2 is 1.87 bits per heavy atom. The molecule has 1 heterocycles. The standard InChI is InChI=1S/C24H27BClN3O/c1-15(2)22-28-25-14-29(22)21-12-17(16-5-9-20(26)10-6-16)11-18(13-21)23(30)27-24(3,4)19-7-8-19/h5-6,9-15,19H,7-8H2,1-4H3,(H,27,30). The van der Waals surface area contributed by atoms with Gasteiger partial charge in [0.2, 0.25) is 0 Å². The van der Waals surface area contributed by atoms with Gasteiger partial charge in [0.1, 0.15) is 0 Å². The molecular weight excluding hydrogens is 393 g/mol. The molecule has 1 saturated carbocycles. The molecule has 0 bridgehead atoms. The van der Waals surface area contributed by atoms with E-state index in [0.717, 1.165) is 22.6 Å². The summed E-state index contributed by atoms with van der Waals surface area (Å²) >= 11 is 6.08. The number of hydrogen-bond acceptors (Lipinski definition) is 2. The fraction of sp³-hybridized carbons (Fsp3) is 0.375. The van der Waals surface area contributed by atoms with E-state index in [1.165, 1.54) is 12.8 Å². The summed E-state index contributed by atoms with van der Waals surface area (Å²) in [6, 6.07) is 13.7.